The maximum atomic E-state index is 12.9. The molecule has 33 heavy (non-hydrogen) atoms. The molecule has 0 aromatic heterocycles. The van der Waals surface area contributed by atoms with Crippen molar-refractivity contribution < 1.29 is 9.53 Å². The van der Waals surface area contributed by atoms with E-state index in [9.17, 15) is 4.79 Å². The summed E-state index contributed by atoms with van der Waals surface area (Å²) in [6, 6.07) is 30.8. The van der Waals surface area contributed by atoms with Crippen molar-refractivity contribution in [1.29, 1.82) is 0 Å². The van der Waals surface area contributed by atoms with Crippen LogP contribution in [0.4, 0.5) is 0 Å². The van der Waals surface area contributed by atoms with Gasteiger partial charge in [-0.2, -0.15) is 0 Å². The zero-order valence-electron chi connectivity index (χ0n) is 19.2. The van der Waals surface area contributed by atoms with Gasteiger partial charge in [0.25, 0.3) is 0 Å². The molecule has 1 heterocycles. The van der Waals surface area contributed by atoms with E-state index in [0.717, 1.165) is 43.6 Å². The van der Waals surface area contributed by atoms with Crippen LogP contribution in [0.15, 0.2) is 91.0 Å². The molecule has 4 nitrogen and oxygen atoms in total. The maximum absolute atomic E-state index is 12.9. The molecule has 0 spiro atoms. The second kappa shape index (κ2) is 11.3. The number of amides is 1. The second-order valence-corrected chi connectivity index (χ2v) is 9.23. The fourth-order valence-electron chi connectivity index (χ4n) is 4.81. The Bertz CT molecular complexity index is 950. The summed E-state index contributed by atoms with van der Waals surface area (Å²) >= 11 is 0. The first-order valence-electron chi connectivity index (χ1n) is 11.9. The molecule has 1 amide bonds. The van der Waals surface area contributed by atoms with Gasteiger partial charge in [-0.05, 0) is 48.9 Å². The molecule has 1 aliphatic rings. The first kappa shape index (κ1) is 23.2. The highest BCUT2D eigenvalue weighted by atomic mass is 16.5. The Hall–Kier alpha value is -2.95. The van der Waals surface area contributed by atoms with Crippen LogP contribution in [0.3, 0.4) is 0 Å². The molecule has 4 rings (SSSR count). The van der Waals surface area contributed by atoms with Gasteiger partial charge < -0.3 is 15.4 Å². The lowest BCUT2D eigenvalue weighted by Gasteiger charge is -2.33. The summed E-state index contributed by atoms with van der Waals surface area (Å²) in [6.45, 7) is 3.38. The largest absolute Gasteiger partial charge is 0.372 e. The normalized spacial score (nSPS) is 16.7. The number of nitrogens with two attached hydrogens (primary N) is 1. The molecule has 0 saturated carbocycles. The molecule has 2 N–H and O–H groups in total. The molecular weight excluding hydrogens is 408 g/mol. The van der Waals surface area contributed by atoms with Crippen LogP contribution in [-0.4, -0.2) is 36.5 Å². The quantitative estimate of drug-likeness (QED) is 0.471. The van der Waals surface area contributed by atoms with Crippen LogP contribution in [0.2, 0.25) is 0 Å². The van der Waals surface area contributed by atoms with Gasteiger partial charge in [-0.15, -0.1) is 0 Å². The highest BCUT2D eigenvalue weighted by Crippen LogP contribution is 2.33. The third-order valence-corrected chi connectivity index (χ3v) is 6.76. The number of carbonyl (C=O) groups excluding carboxylic acids is 1. The van der Waals surface area contributed by atoms with Crippen LogP contribution in [0.25, 0.3) is 0 Å². The molecule has 1 aliphatic heterocycles. The summed E-state index contributed by atoms with van der Waals surface area (Å²) in [5, 5.41) is 0. The van der Waals surface area contributed by atoms with Crippen LogP contribution in [0.5, 0.6) is 0 Å². The number of benzene rings is 3. The molecule has 1 atom stereocenters. The van der Waals surface area contributed by atoms with Crippen molar-refractivity contribution in [2.24, 2.45) is 11.1 Å². The number of hydrogen-bond acceptors (Lipinski definition) is 3. The summed E-state index contributed by atoms with van der Waals surface area (Å²) in [4.78, 5) is 15.4. The minimum atomic E-state index is -0.619. The third kappa shape index (κ3) is 6.53. The van der Waals surface area contributed by atoms with Gasteiger partial charge in [0.05, 0.1) is 18.1 Å². The van der Waals surface area contributed by atoms with Crippen molar-refractivity contribution in [1.82, 2.24) is 4.90 Å². The summed E-state index contributed by atoms with van der Waals surface area (Å²) in [5.74, 6) is -0.216. The van der Waals surface area contributed by atoms with E-state index in [0.29, 0.717) is 19.4 Å². The SMILES string of the molecule is NC(=O)C(CCN1CCC(OCc2ccccc2)C1)(Cc1ccccc1)Cc1ccccc1. The average Bonchev–Trinajstić information content (AvgIpc) is 3.31. The first-order valence-corrected chi connectivity index (χ1v) is 11.9. The summed E-state index contributed by atoms with van der Waals surface area (Å²) in [5.41, 5.74) is 8.99. The van der Waals surface area contributed by atoms with Crippen LogP contribution in [0, 0.1) is 5.41 Å². The van der Waals surface area contributed by atoms with Crippen LogP contribution in [-0.2, 0) is 29.0 Å². The minimum Gasteiger partial charge on any atom is -0.372 e. The summed E-state index contributed by atoms with van der Waals surface area (Å²) in [6.07, 6.45) is 3.29. The Morgan fingerprint density at radius 1 is 0.848 bits per heavy atom. The van der Waals surface area contributed by atoms with Gasteiger partial charge in [-0.3, -0.25) is 4.79 Å². The molecule has 1 unspecified atom stereocenters. The molecule has 3 aromatic carbocycles. The van der Waals surface area contributed by atoms with E-state index in [1.165, 1.54) is 5.56 Å². The van der Waals surface area contributed by atoms with Gasteiger partial charge >= 0.3 is 0 Å². The number of ether oxygens (including phenoxy) is 1. The van der Waals surface area contributed by atoms with E-state index >= 15 is 0 Å². The average molecular weight is 443 g/mol. The Morgan fingerprint density at radius 3 is 1.88 bits per heavy atom. The Balaban J connectivity index is 1.41. The predicted molar refractivity (Wildman–Crippen MR) is 133 cm³/mol. The first-order chi connectivity index (χ1) is 16.1. The van der Waals surface area contributed by atoms with Gasteiger partial charge in [0, 0.05) is 13.1 Å². The molecule has 4 heteroatoms. The smallest absolute Gasteiger partial charge is 0.224 e. The van der Waals surface area contributed by atoms with Crippen molar-refractivity contribution in [2.75, 3.05) is 19.6 Å². The lowest BCUT2D eigenvalue weighted by Crippen LogP contribution is -2.43. The number of primary amides is 1. The van der Waals surface area contributed by atoms with E-state index in [-0.39, 0.29) is 12.0 Å². The van der Waals surface area contributed by atoms with Crippen molar-refractivity contribution in [2.45, 2.75) is 38.4 Å². The van der Waals surface area contributed by atoms with Crippen molar-refractivity contribution >= 4 is 5.91 Å². The molecule has 1 saturated heterocycles. The third-order valence-electron chi connectivity index (χ3n) is 6.76. The fourth-order valence-corrected chi connectivity index (χ4v) is 4.81. The second-order valence-electron chi connectivity index (χ2n) is 9.23. The lowest BCUT2D eigenvalue weighted by molar-refractivity contribution is -0.128. The van der Waals surface area contributed by atoms with Crippen molar-refractivity contribution in [3.63, 3.8) is 0 Å². The maximum Gasteiger partial charge on any atom is 0.224 e. The standard InChI is InChI=1S/C29H34N2O2/c30-28(32)29(20-24-10-4-1-5-11-24,21-25-12-6-2-7-13-25)17-19-31-18-16-27(22-31)33-23-26-14-8-3-9-15-26/h1-15,27H,16-23H2,(H2,30,32). The topological polar surface area (TPSA) is 55.6 Å². The van der Waals surface area contributed by atoms with Crippen LogP contribution < -0.4 is 5.73 Å². The van der Waals surface area contributed by atoms with Crippen LogP contribution >= 0.6 is 0 Å². The van der Waals surface area contributed by atoms with Gasteiger partial charge in [-0.1, -0.05) is 91.0 Å². The molecule has 172 valence electrons. The van der Waals surface area contributed by atoms with E-state index in [4.69, 9.17) is 10.5 Å². The number of likely N-dealkylation sites (tertiary alicyclic amines) is 1. The van der Waals surface area contributed by atoms with Gasteiger partial charge in [-0.25, -0.2) is 0 Å². The monoisotopic (exact) mass is 442 g/mol. The van der Waals surface area contributed by atoms with Crippen LogP contribution in [0.1, 0.15) is 29.5 Å². The minimum absolute atomic E-state index is 0.216. The van der Waals surface area contributed by atoms with Gasteiger partial charge in [0.1, 0.15) is 0 Å². The zero-order valence-corrected chi connectivity index (χ0v) is 19.2. The highest BCUT2D eigenvalue weighted by Gasteiger charge is 2.38. The van der Waals surface area contributed by atoms with E-state index in [2.05, 4.69) is 41.3 Å². The fraction of sp³-hybridized carbons (Fsp3) is 0.345. The number of nitrogens with zero attached hydrogens (tertiary/aromatic N) is 1. The number of rotatable bonds is 11. The Kier molecular flexibility index (Phi) is 7.92. The van der Waals surface area contributed by atoms with E-state index < -0.39 is 5.41 Å². The van der Waals surface area contributed by atoms with Gasteiger partial charge in [0.2, 0.25) is 5.91 Å². The molecule has 0 bridgehead atoms. The van der Waals surface area contributed by atoms with Crippen molar-refractivity contribution in [3.8, 4) is 0 Å². The molecule has 1 fully saturated rings. The molecule has 0 radical (unpaired) electrons. The number of carbonyl (C=O) groups is 1. The molecule has 0 aliphatic carbocycles. The Labute approximate surface area is 197 Å². The van der Waals surface area contributed by atoms with E-state index in [1.54, 1.807) is 0 Å². The van der Waals surface area contributed by atoms with Gasteiger partial charge in [0.15, 0.2) is 0 Å². The summed E-state index contributed by atoms with van der Waals surface area (Å²) in [7, 11) is 0. The highest BCUT2D eigenvalue weighted by molar-refractivity contribution is 5.81. The summed E-state index contributed by atoms with van der Waals surface area (Å²) < 4.78 is 6.16. The van der Waals surface area contributed by atoms with E-state index in [1.807, 2.05) is 54.6 Å². The zero-order chi connectivity index (χ0) is 22.9. The molecule has 3 aromatic rings. The molecular formula is C29H34N2O2. The predicted octanol–water partition coefficient (Wildman–Crippen LogP) is 4.62. The number of hydrogen-bond donors (Lipinski definition) is 1. The Morgan fingerprint density at radius 2 is 1.36 bits per heavy atom. The lowest BCUT2D eigenvalue weighted by atomic mass is 9.73. The van der Waals surface area contributed by atoms with Crippen molar-refractivity contribution in [3.05, 3.63) is 108 Å².